The number of rotatable bonds is 3. The SMILES string of the molecule is CCOC1CC(NC(=O)OC(C)(C)C)C1. The van der Waals surface area contributed by atoms with Gasteiger partial charge in [-0.2, -0.15) is 0 Å². The van der Waals surface area contributed by atoms with Gasteiger partial charge in [0.05, 0.1) is 6.10 Å². The van der Waals surface area contributed by atoms with Crippen molar-refractivity contribution in [1.82, 2.24) is 5.32 Å². The highest BCUT2D eigenvalue weighted by Gasteiger charge is 2.31. The van der Waals surface area contributed by atoms with E-state index in [0.717, 1.165) is 19.4 Å². The highest BCUT2D eigenvalue weighted by atomic mass is 16.6. The smallest absolute Gasteiger partial charge is 0.407 e. The van der Waals surface area contributed by atoms with E-state index in [4.69, 9.17) is 9.47 Å². The molecule has 15 heavy (non-hydrogen) atoms. The first-order valence-electron chi connectivity index (χ1n) is 5.52. The van der Waals surface area contributed by atoms with Crippen LogP contribution in [0.5, 0.6) is 0 Å². The van der Waals surface area contributed by atoms with Crippen molar-refractivity contribution in [2.45, 2.75) is 58.3 Å². The summed E-state index contributed by atoms with van der Waals surface area (Å²) in [6.45, 7) is 8.29. The first-order valence-corrected chi connectivity index (χ1v) is 5.52. The summed E-state index contributed by atoms with van der Waals surface area (Å²) < 4.78 is 10.5. The Morgan fingerprint density at radius 1 is 1.40 bits per heavy atom. The second-order valence-corrected chi connectivity index (χ2v) is 4.89. The van der Waals surface area contributed by atoms with Gasteiger partial charge >= 0.3 is 6.09 Å². The average Bonchev–Trinajstić information content (AvgIpc) is 1.97. The van der Waals surface area contributed by atoms with E-state index in [0.29, 0.717) is 6.10 Å². The highest BCUT2D eigenvalue weighted by molar-refractivity contribution is 5.68. The van der Waals surface area contributed by atoms with Gasteiger partial charge in [-0.15, -0.1) is 0 Å². The lowest BCUT2D eigenvalue weighted by molar-refractivity contribution is -0.0141. The van der Waals surface area contributed by atoms with Gasteiger partial charge in [-0.3, -0.25) is 0 Å². The summed E-state index contributed by atoms with van der Waals surface area (Å²) in [6.07, 6.45) is 1.78. The lowest BCUT2D eigenvalue weighted by Crippen LogP contribution is -2.49. The number of ether oxygens (including phenoxy) is 2. The van der Waals surface area contributed by atoms with Gasteiger partial charge in [0, 0.05) is 12.6 Å². The number of hydrogen-bond acceptors (Lipinski definition) is 3. The molecule has 0 aromatic rings. The molecule has 0 saturated heterocycles. The van der Waals surface area contributed by atoms with Crippen molar-refractivity contribution in [1.29, 1.82) is 0 Å². The predicted octanol–water partition coefficient (Wildman–Crippen LogP) is 2.08. The lowest BCUT2D eigenvalue weighted by atomic mass is 9.89. The standard InChI is InChI=1S/C11H21NO3/c1-5-14-9-6-8(7-9)12-10(13)15-11(2,3)4/h8-9H,5-7H2,1-4H3,(H,12,13). The van der Waals surface area contributed by atoms with Crippen LogP contribution in [0, 0.1) is 0 Å². The van der Waals surface area contributed by atoms with E-state index in [2.05, 4.69) is 5.32 Å². The van der Waals surface area contributed by atoms with Crippen LogP contribution in [0.1, 0.15) is 40.5 Å². The van der Waals surface area contributed by atoms with Gasteiger partial charge in [-0.05, 0) is 40.5 Å². The first kappa shape index (κ1) is 12.3. The Balaban J connectivity index is 2.14. The minimum atomic E-state index is -0.423. The quantitative estimate of drug-likeness (QED) is 0.784. The predicted molar refractivity (Wildman–Crippen MR) is 57.8 cm³/mol. The van der Waals surface area contributed by atoms with Gasteiger partial charge in [0.25, 0.3) is 0 Å². The van der Waals surface area contributed by atoms with Crippen molar-refractivity contribution in [2.75, 3.05) is 6.61 Å². The summed E-state index contributed by atoms with van der Waals surface area (Å²) in [6, 6.07) is 0.219. The molecule has 0 radical (unpaired) electrons. The zero-order valence-corrected chi connectivity index (χ0v) is 10.0. The summed E-state index contributed by atoms with van der Waals surface area (Å²) in [7, 11) is 0. The number of carbonyl (C=O) groups is 1. The maximum atomic E-state index is 11.4. The fourth-order valence-corrected chi connectivity index (χ4v) is 1.53. The molecule has 4 heteroatoms. The van der Waals surface area contributed by atoms with Gasteiger partial charge in [-0.25, -0.2) is 4.79 Å². The van der Waals surface area contributed by atoms with Crippen LogP contribution in [-0.4, -0.2) is 30.4 Å². The Hall–Kier alpha value is -0.770. The molecule has 0 aromatic heterocycles. The van der Waals surface area contributed by atoms with Gasteiger partial charge < -0.3 is 14.8 Å². The van der Waals surface area contributed by atoms with Crippen LogP contribution in [0.4, 0.5) is 4.79 Å². The molecule has 1 aliphatic carbocycles. The maximum Gasteiger partial charge on any atom is 0.407 e. The molecule has 0 atom stereocenters. The number of carbonyl (C=O) groups excluding carboxylic acids is 1. The number of alkyl carbamates (subject to hydrolysis) is 1. The minimum Gasteiger partial charge on any atom is -0.444 e. The monoisotopic (exact) mass is 215 g/mol. The molecule has 1 amide bonds. The summed E-state index contributed by atoms with van der Waals surface area (Å²) >= 11 is 0. The van der Waals surface area contributed by atoms with Crippen LogP contribution < -0.4 is 5.32 Å². The Bertz CT molecular complexity index is 216. The molecule has 1 aliphatic rings. The van der Waals surface area contributed by atoms with Crippen molar-refractivity contribution in [2.24, 2.45) is 0 Å². The van der Waals surface area contributed by atoms with Crippen LogP contribution in [0.2, 0.25) is 0 Å². The molecular weight excluding hydrogens is 194 g/mol. The highest BCUT2D eigenvalue weighted by Crippen LogP contribution is 2.23. The minimum absolute atomic E-state index is 0.219. The average molecular weight is 215 g/mol. The maximum absolute atomic E-state index is 11.4. The van der Waals surface area contributed by atoms with Crippen molar-refractivity contribution < 1.29 is 14.3 Å². The summed E-state index contributed by atoms with van der Waals surface area (Å²) in [5, 5.41) is 2.82. The molecule has 1 N–H and O–H groups in total. The third kappa shape index (κ3) is 4.51. The van der Waals surface area contributed by atoms with Gasteiger partial charge in [0.15, 0.2) is 0 Å². The fraction of sp³-hybridized carbons (Fsp3) is 0.909. The number of nitrogens with one attached hydrogen (secondary N) is 1. The Morgan fingerprint density at radius 2 is 2.00 bits per heavy atom. The van der Waals surface area contributed by atoms with E-state index in [1.54, 1.807) is 0 Å². The molecule has 4 nitrogen and oxygen atoms in total. The summed E-state index contributed by atoms with van der Waals surface area (Å²) in [5.41, 5.74) is -0.423. The molecule has 0 heterocycles. The molecule has 0 aromatic carbocycles. The van der Waals surface area contributed by atoms with Crippen LogP contribution in [0.25, 0.3) is 0 Å². The van der Waals surface area contributed by atoms with E-state index in [1.165, 1.54) is 0 Å². The third-order valence-electron chi connectivity index (χ3n) is 2.22. The third-order valence-corrected chi connectivity index (χ3v) is 2.22. The van der Waals surface area contributed by atoms with Crippen LogP contribution in [0.3, 0.4) is 0 Å². The topological polar surface area (TPSA) is 47.6 Å². The molecule has 0 aliphatic heterocycles. The van der Waals surface area contributed by atoms with Gasteiger partial charge in [0.1, 0.15) is 5.60 Å². The van der Waals surface area contributed by atoms with E-state index < -0.39 is 5.60 Å². The first-order chi connectivity index (χ1) is 6.90. The van der Waals surface area contributed by atoms with Crippen LogP contribution in [0.15, 0.2) is 0 Å². The molecule has 0 bridgehead atoms. The van der Waals surface area contributed by atoms with Gasteiger partial charge in [-0.1, -0.05) is 0 Å². The number of hydrogen-bond donors (Lipinski definition) is 1. The molecule has 88 valence electrons. The Morgan fingerprint density at radius 3 is 2.47 bits per heavy atom. The van der Waals surface area contributed by atoms with Crippen molar-refractivity contribution >= 4 is 6.09 Å². The van der Waals surface area contributed by atoms with Crippen LogP contribution >= 0.6 is 0 Å². The fourth-order valence-electron chi connectivity index (χ4n) is 1.53. The largest absolute Gasteiger partial charge is 0.444 e. The van der Waals surface area contributed by atoms with E-state index >= 15 is 0 Å². The molecule has 1 fully saturated rings. The molecule has 1 saturated carbocycles. The normalized spacial score (nSPS) is 25.6. The Labute approximate surface area is 91.3 Å². The number of amides is 1. The second kappa shape index (κ2) is 4.84. The van der Waals surface area contributed by atoms with E-state index in [1.807, 2.05) is 27.7 Å². The second-order valence-electron chi connectivity index (χ2n) is 4.89. The van der Waals surface area contributed by atoms with Crippen LogP contribution in [-0.2, 0) is 9.47 Å². The van der Waals surface area contributed by atoms with Crippen molar-refractivity contribution in [3.05, 3.63) is 0 Å². The zero-order chi connectivity index (χ0) is 11.5. The van der Waals surface area contributed by atoms with Crippen molar-refractivity contribution in [3.8, 4) is 0 Å². The molecule has 1 rings (SSSR count). The summed E-state index contributed by atoms with van der Waals surface area (Å²) in [5.74, 6) is 0. The molecule has 0 unspecified atom stereocenters. The van der Waals surface area contributed by atoms with Crippen molar-refractivity contribution in [3.63, 3.8) is 0 Å². The van der Waals surface area contributed by atoms with E-state index in [9.17, 15) is 4.79 Å². The summed E-state index contributed by atoms with van der Waals surface area (Å²) in [4.78, 5) is 11.4. The lowest BCUT2D eigenvalue weighted by Gasteiger charge is -2.35. The van der Waals surface area contributed by atoms with E-state index in [-0.39, 0.29) is 12.1 Å². The molecular formula is C11H21NO3. The van der Waals surface area contributed by atoms with Gasteiger partial charge in [0.2, 0.25) is 0 Å². The molecule has 0 spiro atoms. The Kier molecular flexibility index (Phi) is 3.97. The zero-order valence-electron chi connectivity index (χ0n) is 10.0.